The number of hydrogen-bond donors (Lipinski definition) is 2. The lowest BCUT2D eigenvalue weighted by molar-refractivity contribution is -0.295. The van der Waals surface area contributed by atoms with Gasteiger partial charge in [0.05, 0.1) is 12.6 Å². The lowest BCUT2D eigenvalue weighted by atomic mass is 10.1. The number of anilines is 2. The number of aliphatic hydroxyl groups is 1. The number of ether oxygens (including phenoxy) is 1. The molecule has 1 aromatic rings. The summed E-state index contributed by atoms with van der Waals surface area (Å²) in [4.78, 5) is 23.5. The molecular formula is C15H19F6N5O3. The van der Waals surface area contributed by atoms with Crippen molar-refractivity contribution in [3.05, 3.63) is 12.4 Å². The van der Waals surface area contributed by atoms with Gasteiger partial charge in [-0.15, -0.1) is 13.2 Å². The number of rotatable bonds is 6. The van der Waals surface area contributed by atoms with Gasteiger partial charge in [-0.1, -0.05) is 0 Å². The van der Waals surface area contributed by atoms with Crippen LogP contribution in [-0.4, -0.2) is 83.9 Å². The van der Waals surface area contributed by atoms with Crippen LogP contribution in [0.3, 0.4) is 0 Å². The topological polar surface area (TPSA) is 90.8 Å². The third-order valence-corrected chi connectivity index (χ3v) is 3.94. The highest BCUT2D eigenvalue weighted by molar-refractivity contribution is 5.81. The summed E-state index contributed by atoms with van der Waals surface area (Å²) in [6, 6.07) is 1.67. The number of carbonyl (C=O) groups excluding carboxylic acids is 1. The molecule has 2 saturated heterocycles. The molecule has 0 unspecified atom stereocenters. The molecule has 2 aliphatic rings. The van der Waals surface area contributed by atoms with Crippen molar-refractivity contribution in [2.45, 2.75) is 25.1 Å². The Kier molecular flexibility index (Phi) is 7.46. The molecule has 1 amide bonds. The minimum atomic E-state index is -5.00. The van der Waals surface area contributed by atoms with Crippen LogP contribution in [0.2, 0.25) is 0 Å². The van der Waals surface area contributed by atoms with E-state index in [1.807, 2.05) is 0 Å². The smallest absolute Gasteiger partial charge is 0.365 e. The van der Waals surface area contributed by atoms with Crippen molar-refractivity contribution in [1.82, 2.24) is 14.9 Å². The third-order valence-electron chi connectivity index (χ3n) is 3.94. The molecule has 0 bridgehead atoms. The Bertz CT molecular complexity index is 671. The fourth-order valence-electron chi connectivity index (χ4n) is 2.40. The van der Waals surface area contributed by atoms with Gasteiger partial charge in [-0.25, -0.2) is 9.97 Å². The molecule has 29 heavy (non-hydrogen) atoms. The predicted molar refractivity (Wildman–Crippen MR) is 88.0 cm³/mol. The summed E-state index contributed by atoms with van der Waals surface area (Å²) in [6.45, 7) is 1.21. The van der Waals surface area contributed by atoms with Crippen LogP contribution in [0.5, 0.6) is 0 Å². The Morgan fingerprint density at radius 3 is 2.34 bits per heavy atom. The minimum Gasteiger partial charge on any atom is -0.365 e. The molecule has 2 aliphatic heterocycles. The van der Waals surface area contributed by atoms with E-state index < -0.39 is 25.2 Å². The molecular weight excluding hydrogens is 412 g/mol. The van der Waals surface area contributed by atoms with Crippen LogP contribution in [0.25, 0.3) is 0 Å². The zero-order chi connectivity index (χ0) is 21.7. The van der Waals surface area contributed by atoms with Gasteiger partial charge in [-0.05, 0) is 6.42 Å². The number of nitrogens with one attached hydrogen (secondary N) is 1. The number of carbonyl (C=O) groups is 1. The molecule has 8 nitrogen and oxygen atoms in total. The van der Waals surface area contributed by atoms with Crippen LogP contribution in [-0.2, 0) is 9.53 Å². The van der Waals surface area contributed by atoms with Gasteiger partial charge in [0.2, 0.25) is 5.91 Å². The highest BCUT2D eigenvalue weighted by Crippen LogP contribution is 2.24. The average Bonchev–Trinajstić information content (AvgIpc) is 2.47. The highest BCUT2D eigenvalue weighted by Gasteiger charge is 2.34. The van der Waals surface area contributed by atoms with Crippen molar-refractivity contribution in [3.63, 3.8) is 0 Å². The second-order valence-corrected chi connectivity index (χ2v) is 6.27. The van der Waals surface area contributed by atoms with Crippen LogP contribution in [0.15, 0.2) is 12.4 Å². The molecule has 2 N–H and O–H groups in total. The van der Waals surface area contributed by atoms with Crippen molar-refractivity contribution >= 4 is 17.5 Å². The van der Waals surface area contributed by atoms with Gasteiger partial charge >= 0.3 is 12.5 Å². The van der Waals surface area contributed by atoms with Gasteiger partial charge in [-0.3, -0.25) is 4.79 Å². The van der Waals surface area contributed by atoms with E-state index in [1.165, 1.54) is 6.33 Å². The van der Waals surface area contributed by atoms with Crippen molar-refractivity contribution < 1.29 is 41.0 Å². The minimum absolute atomic E-state index is 0.0194. The first-order valence-corrected chi connectivity index (χ1v) is 8.47. The van der Waals surface area contributed by atoms with E-state index in [1.54, 1.807) is 15.9 Å². The molecule has 0 aliphatic carbocycles. The lowest BCUT2D eigenvalue weighted by Gasteiger charge is -2.39. The highest BCUT2D eigenvalue weighted by atomic mass is 19.4. The maximum absolute atomic E-state index is 12.1. The number of alkyl halides is 6. The van der Waals surface area contributed by atoms with Crippen molar-refractivity contribution in [1.29, 1.82) is 0 Å². The zero-order valence-electron chi connectivity index (χ0n) is 15.0. The molecule has 164 valence electrons. The van der Waals surface area contributed by atoms with Crippen molar-refractivity contribution in [2.75, 3.05) is 49.5 Å². The normalized spacial score (nSPS) is 17.1. The fourth-order valence-corrected chi connectivity index (χ4v) is 2.40. The van der Waals surface area contributed by atoms with Crippen molar-refractivity contribution in [2.24, 2.45) is 0 Å². The summed E-state index contributed by atoms with van der Waals surface area (Å²) >= 11 is 0. The van der Waals surface area contributed by atoms with E-state index in [0.29, 0.717) is 24.7 Å². The van der Waals surface area contributed by atoms with Crippen LogP contribution < -0.4 is 10.2 Å². The van der Waals surface area contributed by atoms with E-state index in [2.05, 4.69) is 15.3 Å². The van der Waals surface area contributed by atoms with E-state index in [4.69, 9.17) is 9.84 Å². The summed E-state index contributed by atoms with van der Waals surface area (Å²) in [5.74, 6) is 1.12. The first-order valence-electron chi connectivity index (χ1n) is 8.47. The van der Waals surface area contributed by atoms with Crippen LogP contribution in [0.4, 0.5) is 38.0 Å². The van der Waals surface area contributed by atoms with Crippen LogP contribution in [0.1, 0.15) is 6.42 Å². The van der Waals surface area contributed by atoms with Gasteiger partial charge in [-0.2, -0.15) is 13.2 Å². The second-order valence-electron chi connectivity index (χ2n) is 6.27. The quantitative estimate of drug-likeness (QED) is 0.658. The summed E-state index contributed by atoms with van der Waals surface area (Å²) in [5, 5.41) is 9.47. The van der Waals surface area contributed by atoms with Gasteiger partial charge in [0.15, 0.2) is 0 Å². The molecule has 0 atom stereocenters. The van der Waals surface area contributed by atoms with Crippen molar-refractivity contribution in [3.8, 4) is 0 Å². The zero-order valence-corrected chi connectivity index (χ0v) is 15.0. The van der Waals surface area contributed by atoms with Gasteiger partial charge in [0.25, 0.3) is 0 Å². The maximum atomic E-state index is 12.1. The molecule has 0 saturated carbocycles. The molecule has 14 heteroatoms. The Morgan fingerprint density at radius 2 is 1.83 bits per heavy atom. The summed E-state index contributed by atoms with van der Waals surface area (Å²) in [6.07, 6.45) is -7.37. The Hall–Kier alpha value is -2.35. The fraction of sp³-hybridized carbons (Fsp3) is 0.667. The number of likely N-dealkylation sites (tertiary alicyclic amines) is 1. The number of amides is 1. The first kappa shape index (κ1) is 22.9. The Balaban J connectivity index is 0.000000537. The Labute approximate surface area is 161 Å². The number of halogens is 6. The standard InChI is InChI=1S/C14H18F3N5O2.CHF3O/c15-14(16,17)8-24-10-6-22(7-10)12-4-11(19-9-20-12)18-5-13(23)21-2-1-3-21;2-1(3,4)5/h4,9-10H,1-3,5-8H2,(H,18,19,20);5H. The predicted octanol–water partition coefficient (Wildman–Crippen LogP) is 1.39. The molecule has 0 spiro atoms. The Morgan fingerprint density at radius 1 is 1.21 bits per heavy atom. The lowest BCUT2D eigenvalue weighted by Crippen LogP contribution is -2.53. The number of hydrogen-bond acceptors (Lipinski definition) is 7. The summed E-state index contributed by atoms with van der Waals surface area (Å²) in [5.41, 5.74) is 0. The van der Waals surface area contributed by atoms with Crippen LogP contribution in [0, 0.1) is 0 Å². The van der Waals surface area contributed by atoms with E-state index in [-0.39, 0.29) is 12.5 Å². The molecule has 3 heterocycles. The van der Waals surface area contributed by atoms with Gasteiger partial charge < -0.3 is 25.0 Å². The number of aromatic nitrogens is 2. The van der Waals surface area contributed by atoms with E-state index >= 15 is 0 Å². The summed E-state index contributed by atoms with van der Waals surface area (Å²) < 4.78 is 70.8. The van der Waals surface area contributed by atoms with E-state index in [0.717, 1.165) is 19.5 Å². The molecule has 3 rings (SSSR count). The summed E-state index contributed by atoms with van der Waals surface area (Å²) in [7, 11) is 0. The molecule has 1 aromatic heterocycles. The molecule has 0 aromatic carbocycles. The molecule has 0 radical (unpaired) electrons. The second kappa shape index (κ2) is 9.43. The maximum Gasteiger partial charge on any atom is 0.519 e. The number of nitrogens with zero attached hydrogens (tertiary/aromatic N) is 4. The third kappa shape index (κ3) is 8.68. The monoisotopic (exact) mass is 431 g/mol. The SMILES string of the molecule is O=C(CNc1cc(N2CC(OCC(F)(F)F)C2)ncn1)N1CCC1.OC(F)(F)F. The average molecular weight is 431 g/mol. The van der Waals surface area contributed by atoms with E-state index in [9.17, 15) is 31.1 Å². The first-order chi connectivity index (χ1) is 13.4. The van der Waals surface area contributed by atoms with Gasteiger partial charge in [0, 0.05) is 32.2 Å². The molecule has 2 fully saturated rings. The van der Waals surface area contributed by atoms with Crippen LogP contribution >= 0.6 is 0 Å². The van der Waals surface area contributed by atoms with Gasteiger partial charge in [0.1, 0.15) is 24.6 Å². The largest absolute Gasteiger partial charge is 0.519 e.